The SMILES string of the molecule is O=C(Nc1nc(-c2ccc([N+](=O)[O-])cc2)c(-c2ccc(Cl)cc2)s1)c1ccccc1Br. The Hall–Kier alpha value is -3.07. The fourth-order valence-corrected chi connectivity index (χ4v) is 4.50. The van der Waals surface area contributed by atoms with Gasteiger partial charge in [0.25, 0.3) is 11.6 Å². The molecule has 4 rings (SSSR count). The molecule has 0 aliphatic heterocycles. The lowest BCUT2D eigenvalue weighted by Crippen LogP contribution is -2.12. The minimum Gasteiger partial charge on any atom is -0.298 e. The maximum absolute atomic E-state index is 12.7. The third-order valence-electron chi connectivity index (χ3n) is 4.42. The van der Waals surface area contributed by atoms with Crippen LogP contribution in [0.3, 0.4) is 0 Å². The fraction of sp³-hybridized carbons (Fsp3) is 0. The van der Waals surface area contributed by atoms with E-state index in [9.17, 15) is 14.9 Å². The van der Waals surface area contributed by atoms with Crippen LogP contribution in [0.5, 0.6) is 0 Å². The van der Waals surface area contributed by atoms with E-state index in [4.69, 9.17) is 11.6 Å². The van der Waals surface area contributed by atoms with Gasteiger partial charge in [-0.05, 0) is 57.9 Å². The van der Waals surface area contributed by atoms with Gasteiger partial charge in [-0.3, -0.25) is 20.2 Å². The molecule has 0 spiro atoms. The molecule has 1 amide bonds. The molecule has 1 aromatic heterocycles. The first kappa shape index (κ1) is 21.2. The second kappa shape index (κ2) is 8.97. The molecule has 4 aromatic rings. The summed E-state index contributed by atoms with van der Waals surface area (Å²) in [6, 6.07) is 20.5. The molecule has 0 unspecified atom stereocenters. The number of nitrogens with zero attached hydrogens (tertiary/aromatic N) is 2. The Kier molecular flexibility index (Phi) is 6.13. The number of carbonyl (C=O) groups is 1. The number of anilines is 1. The molecule has 0 saturated carbocycles. The smallest absolute Gasteiger partial charge is 0.269 e. The van der Waals surface area contributed by atoms with E-state index in [1.54, 1.807) is 42.5 Å². The number of hydrogen-bond acceptors (Lipinski definition) is 5. The van der Waals surface area contributed by atoms with Crippen molar-refractivity contribution >= 4 is 55.6 Å². The van der Waals surface area contributed by atoms with E-state index < -0.39 is 4.92 Å². The van der Waals surface area contributed by atoms with E-state index in [1.165, 1.54) is 23.5 Å². The van der Waals surface area contributed by atoms with Gasteiger partial charge in [-0.2, -0.15) is 0 Å². The lowest BCUT2D eigenvalue weighted by Gasteiger charge is -2.03. The van der Waals surface area contributed by atoms with E-state index in [0.717, 1.165) is 10.4 Å². The molecule has 0 radical (unpaired) electrons. The molecule has 6 nitrogen and oxygen atoms in total. The average Bonchev–Trinajstić information content (AvgIpc) is 3.18. The van der Waals surface area contributed by atoms with Crippen LogP contribution >= 0.6 is 38.9 Å². The Bertz CT molecular complexity index is 1270. The van der Waals surface area contributed by atoms with Gasteiger partial charge >= 0.3 is 0 Å². The molecular weight excluding hydrogens is 502 g/mol. The second-order valence-electron chi connectivity index (χ2n) is 6.44. The van der Waals surface area contributed by atoms with Gasteiger partial charge in [-0.1, -0.05) is 47.2 Å². The monoisotopic (exact) mass is 513 g/mol. The Morgan fingerprint density at radius 1 is 1.00 bits per heavy atom. The van der Waals surface area contributed by atoms with Gasteiger partial charge in [0.2, 0.25) is 0 Å². The second-order valence-corrected chi connectivity index (χ2v) is 8.73. The van der Waals surface area contributed by atoms with Gasteiger partial charge in [0.05, 0.1) is 21.1 Å². The zero-order valence-electron chi connectivity index (χ0n) is 15.7. The summed E-state index contributed by atoms with van der Waals surface area (Å²) in [5.74, 6) is -0.292. The molecule has 31 heavy (non-hydrogen) atoms. The molecule has 154 valence electrons. The molecule has 0 aliphatic carbocycles. The number of nitrogens with one attached hydrogen (secondary N) is 1. The van der Waals surface area contributed by atoms with Gasteiger partial charge in [0, 0.05) is 27.2 Å². The normalized spacial score (nSPS) is 10.6. The number of halogens is 2. The van der Waals surface area contributed by atoms with Crippen molar-refractivity contribution < 1.29 is 9.72 Å². The highest BCUT2D eigenvalue weighted by atomic mass is 79.9. The van der Waals surface area contributed by atoms with Crippen molar-refractivity contribution in [1.82, 2.24) is 4.98 Å². The topological polar surface area (TPSA) is 85.1 Å². The van der Waals surface area contributed by atoms with Crippen LogP contribution in [0.15, 0.2) is 77.3 Å². The third kappa shape index (κ3) is 4.66. The molecule has 9 heteroatoms. The van der Waals surface area contributed by atoms with Crippen LogP contribution in [-0.4, -0.2) is 15.8 Å². The molecule has 0 saturated heterocycles. The highest BCUT2D eigenvalue weighted by molar-refractivity contribution is 9.10. The summed E-state index contributed by atoms with van der Waals surface area (Å²) < 4.78 is 0.678. The van der Waals surface area contributed by atoms with Crippen molar-refractivity contribution in [3.8, 4) is 21.7 Å². The van der Waals surface area contributed by atoms with E-state index in [0.29, 0.717) is 31.4 Å². The summed E-state index contributed by atoms with van der Waals surface area (Å²) in [5.41, 5.74) is 2.67. The number of nitro groups is 1. The number of aromatic nitrogens is 1. The summed E-state index contributed by atoms with van der Waals surface area (Å²) in [7, 11) is 0. The molecule has 0 atom stereocenters. The number of carbonyl (C=O) groups excluding carboxylic acids is 1. The summed E-state index contributed by atoms with van der Waals surface area (Å²) in [6.07, 6.45) is 0. The van der Waals surface area contributed by atoms with Crippen LogP contribution in [0.25, 0.3) is 21.7 Å². The highest BCUT2D eigenvalue weighted by Gasteiger charge is 2.19. The summed E-state index contributed by atoms with van der Waals surface area (Å²) in [6.45, 7) is 0. The third-order valence-corrected chi connectivity index (χ3v) is 6.39. The Labute approximate surface area is 194 Å². The number of nitro benzene ring substituents is 1. The number of non-ortho nitro benzene ring substituents is 1. The minimum atomic E-state index is -0.450. The maximum atomic E-state index is 12.7. The summed E-state index contributed by atoms with van der Waals surface area (Å²) >= 11 is 10.7. The largest absolute Gasteiger partial charge is 0.298 e. The van der Waals surface area contributed by atoms with Crippen molar-refractivity contribution in [2.75, 3.05) is 5.32 Å². The van der Waals surface area contributed by atoms with Gasteiger partial charge < -0.3 is 0 Å². The Morgan fingerprint density at radius 3 is 2.29 bits per heavy atom. The van der Waals surface area contributed by atoms with E-state index in [1.807, 2.05) is 18.2 Å². The fourth-order valence-electron chi connectivity index (χ4n) is 2.92. The predicted molar refractivity (Wildman–Crippen MR) is 127 cm³/mol. The number of thiazole rings is 1. The standard InChI is InChI=1S/C22H13BrClN3O3S/c23-18-4-2-1-3-17(18)21(28)26-22-25-19(13-7-11-16(12-8-13)27(29)30)20(31-22)14-5-9-15(24)10-6-14/h1-12H,(H,25,26,28). The van der Waals surface area contributed by atoms with Gasteiger partial charge in [-0.25, -0.2) is 4.98 Å². The zero-order chi connectivity index (χ0) is 22.0. The van der Waals surface area contributed by atoms with E-state index in [-0.39, 0.29) is 11.6 Å². The number of amides is 1. The van der Waals surface area contributed by atoms with Gasteiger partial charge in [0.1, 0.15) is 0 Å². The summed E-state index contributed by atoms with van der Waals surface area (Å²) in [5, 5.41) is 14.8. The first-order valence-corrected chi connectivity index (χ1v) is 11.0. The number of hydrogen-bond donors (Lipinski definition) is 1. The predicted octanol–water partition coefficient (Wildman–Crippen LogP) is 7.05. The maximum Gasteiger partial charge on any atom is 0.269 e. The average molecular weight is 515 g/mol. The molecule has 1 N–H and O–H groups in total. The van der Waals surface area contributed by atoms with Crippen molar-refractivity contribution in [2.45, 2.75) is 0 Å². The number of rotatable bonds is 5. The summed E-state index contributed by atoms with van der Waals surface area (Å²) in [4.78, 5) is 28.7. The van der Waals surface area contributed by atoms with Crippen LogP contribution in [0.2, 0.25) is 5.02 Å². The van der Waals surface area contributed by atoms with Crippen molar-refractivity contribution in [1.29, 1.82) is 0 Å². The van der Waals surface area contributed by atoms with Crippen LogP contribution < -0.4 is 5.32 Å². The first-order valence-electron chi connectivity index (χ1n) is 9.00. The van der Waals surface area contributed by atoms with Crippen LogP contribution in [-0.2, 0) is 0 Å². The lowest BCUT2D eigenvalue weighted by atomic mass is 10.1. The van der Waals surface area contributed by atoms with Crippen molar-refractivity contribution in [3.05, 3.63) is 98.0 Å². The Balaban J connectivity index is 1.75. The van der Waals surface area contributed by atoms with Crippen LogP contribution in [0.4, 0.5) is 10.8 Å². The first-order chi connectivity index (χ1) is 14.9. The Morgan fingerprint density at radius 2 is 1.65 bits per heavy atom. The van der Waals surface area contributed by atoms with Gasteiger partial charge in [-0.15, -0.1) is 0 Å². The van der Waals surface area contributed by atoms with E-state index in [2.05, 4.69) is 26.2 Å². The van der Waals surface area contributed by atoms with Crippen molar-refractivity contribution in [2.24, 2.45) is 0 Å². The van der Waals surface area contributed by atoms with Crippen molar-refractivity contribution in [3.63, 3.8) is 0 Å². The van der Waals surface area contributed by atoms with E-state index >= 15 is 0 Å². The molecular formula is C22H13BrClN3O3S. The highest BCUT2D eigenvalue weighted by Crippen LogP contribution is 2.40. The minimum absolute atomic E-state index is 0.00511. The molecule has 0 fully saturated rings. The molecule has 0 aliphatic rings. The molecule has 1 heterocycles. The quantitative estimate of drug-likeness (QED) is 0.228. The molecule has 0 bridgehead atoms. The number of benzene rings is 3. The zero-order valence-corrected chi connectivity index (χ0v) is 18.9. The van der Waals surface area contributed by atoms with Gasteiger partial charge in [0.15, 0.2) is 5.13 Å². The van der Waals surface area contributed by atoms with Crippen LogP contribution in [0, 0.1) is 10.1 Å². The van der Waals surface area contributed by atoms with Crippen LogP contribution in [0.1, 0.15) is 10.4 Å². The lowest BCUT2D eigenvalue weighted by molar-refractivity contribution is -0.384. The molecule has 3 aromatic carbocycles.